The summed E-state index contributed by atoms with van der Waals surface area (Å²) in [6, 6.07) is 9.27. The lowest BCUT2D eigenvalue weighted by Gasteiger charge is -2.05. The highest BCUT2D eigenvalue weighted by Crippen LogP contribution is 2.42. The van der Waals surface area contributed by atoms with Crippen molar-refractivity contribution < 1.29 is 9.18 Å². The highest BCUT2D eigenvalue weighted by Gasteiger charge is 2.26. The van der Waals surface area contributed by atoms with Gasteiger partial charge < -0.3 is 0 Å². The minimum Gasteiger partial charge on any atom is -0.298 e. The van der Waals surface area contributed by atoms with Gasteiger partial charge in [0.15, 0.2) is 0 Å². The normalized spacial score (nSPS) is 13.8. The Kier molecular flexibility index (Phi) is 3.92. The van der Waals surface area contributed by atoms with E-state index in [9.17, 15) is 9.18 Å². The van der Waals surface area contributed by atoms with Gasteiger partial charge in [0.25, 0.3) is 0 Å². The van der Waals surface area contributed by atoms with E-state index >= 15 is 0 Å². The Hall–Kier alpha value is -2.82. The third kappa shape index (κ3) is 2.97. The van der Waals surface area contributed by atoms with Crippen molar-refractivity contribution in [3.8, 4) is 22.5 Å². The van der Waals surface area contributed by atoms with E-state index in [0.717, 1.165) is 47.2 Å². The van der Waals surface area contributed by atoms with Crippen molar-refractivity contribution >= 4 is 6.29 Å². The molecule has 2 aromatic heterocycles. The highest BCUT2D eigenvalue weighted by molar-refractivity contribution is 5.80. The van der Waals surface area contributed by atoms with Gasteiger partial charge in [0, 0.05) is 29.4 Å². The van der Waals surface area contributed by atoms with Crippen LogP contribution in [-0.4, -0.2) is 21.1 Å². The van der Waals surface area contributed by atoms with Crippen LogP contribution < -0.4 is 0 Å². The molecule has 0 aliphatic heterocycles. The molecule has 1 aromatic carbocycles. The first-order valence-corrected chi connectivity index (χ1v) is 8.48. The largest absolute Gasteiger partial charge is 0.298 e. The van der Waals surface area contributed by atoms with E-state index in [2.05, 4.69) is 16.1 Å². The van der Waals surface area contributed by atoms with Crippen LogP contribution in [0.4, 0.5) is 4.39 Å². The monoisotopic (exact) mass is 335 g/mol. The molecule has 0 bridgehead atoms. The summed E-state index contributed by atoms with van der Waals surface area (Å²) >= 11 is 0. The molecule has 1 fully saturated rings. The van der Waals surface area contributed by atoms with Gasteiger partial charge >= 0.3 is 0 Å². The van der Waals surface area contributed by atoms with Gasteiger partial charge in [0.2, 0.25) is 0 Å². The van der Waals surface area contributed by atoms with Gasteiger partial charge in [-0.2, -0.15) is 5.10 Å². The summed E-state index contributed by atoms with van der Waals surface area (Å²) in [5.74, 6) is 0.120. The molecule has 1 aliphatic rings. The average Bonchev–Trinajstić information content (AvgIpc) is 3.39. The van der Waals surface area contributed by atoms with E-state index < -0.39 is 0 Å². The van der Waals surface area contributed by atoms with Gasteiger partial charge in [-0.3, -0.25) is 14.5 Å². The number of halogens is 1. The van der Waals surface area contributed by atoms with E-state index in [1.165, 1.54) is 12.3 Å². The zero-order valence-electron chi connectivity index (χ0n) is 13.9. The Morgan fingerprint density at radius 2 is 2.04 bits per heavy atom. The molecule has 0 atom stereocenters. The molecule has 0 N–H and O–H groups in total. The van der Waals surface area contributed by atoms with E-state index in [1.54, 1.807) is 6.20 Å². The number of carbonyl (C=O) groups is 1. The Bertz CT molecular complexity index is 944. The molecular formula is C20H18FN3O. The molecule has 5 heteroatoms. The van der Waals surface area contributed by atoms with Crippen LogP contribution in [-0.2, 0) is 6.54 Å². The summed E-state index contributed by atoms with van der Waals surface area (Å²) < 4.78 is 15.4. The van der Waals surface area contributed by atoms with Crippen LogP contribution in [0.3, 0.4) is 0 Å². The topological polar surface area (TPSA) is 47.8 Å². The number of carbonyl (C=O) groups excluding carboxylic acids is 1. The molecule has 1 aliphatic carbocycles. The average molecular weight is 335 g/mol. The molecule has 3 aromatic rings. The van der Waals surface area contributed by atoms with Crippen LogP contribution in [0.5, 0.6) is 0 Å². The number of aromatic nitrogens is 3. The van der Waals surface area contributed by atoms with Gasteiger partial charge in [0.1, 0.15) is 12.1 Å². The van der Waals surface area contributed by atoms with Crippen molar-refractivity contribution in [2.75, 3.05) is 0 Å². The number of pyridine rings is 1. The second-order valence-corrected chi connectivity index (χ2v) is 6.36. The number of benzene rings is 1. The van der Waals surface area contributed by atoms with E-state index in [-0.39, 0.29) is 5.82 Å². The molecule has 2 heterocycles. The van der Waals surface area contributed by atoms with Gasteiger partial charge in [0.05, 0.1) is 17.6 Å². The second kappa shape index (κ2) is 6.24. The van der Waals surface area contributed by atoms with E-state index in [0.29, 0.717) is 18.0 Å². The van der Waals surface area contributed by atoms with Gasteiger partial charge in [-0.25, -0.2) is 4.39 Å². The van der Waals surface area contributed by atoms with Crippen LogP contribution in [0.1, 0.15) is 41.6 Å². The van der Waals surface area contributed by atoms with Crippen LogP contribution in [0, 0.1) is 5.82 Å². The lowest BCUT2D eigenvalue weighted by atomic mass is 9.99. The van der Waals surface area contributed by atoms with E-state index in [1.807, 2.05) is 29.8 Å². The fraction of sp³-hybridized carbons (Fsp3) is 0.250. The third-order valence-electron chi connectivity index (χ3n) is 4.61. The van der Waals surface area contributed by atoms with Crippen molar-refractivity contribution in [3.63, 3.8) is 0 Å². The Labute approximate surface area is 145 Å². The third-order valence-corrected chi connectivity index (χ3v) is 4.61. The first-order chi connectivity index (χ1) is 12.2. The molecule has 126 valence electrons. The summed E-state index contributed by atoms with van der Waals surface area (Å²) in [5.41, 5.74) is 5.19. The molecule has 4 rings (SSSR count). The summed E-state index contributed by atoms with van der Waals surface area (Å²) in [5, 5.41) is 4.66. The number of hydrogen-bond donors (Lipinski definition) is 0. The van der Waals surface area contributed by atoms with Crippen LogP contribution in [0.25, 0.3) is 22.5 Å². The number of hydrogen-bond acceptors (Lipinski definition) is 3. The fourth-order valence-corrected chi connectivity index (χ4v) is 3.17. The lowest BCUT2D eigenvalue weighted by Crippen LogP contribution is -1.99. The van der Waals surface area contributed by atoms with Crippen LogP contribution in [0.2, 0.25) is 0 Å². The fourth-order valence-electron chi connectivity index (χ4n) is 3.17. The van der Waals surface area contributed by atoms with Crippen molar-refractivity contribution in [2.45, 2.75) is 32.2 Å². The molecule has 0 unspecified atom stereocenters. The van der Waals surface area contributed by atoms with Gasteiger partial charge in [-0.15, -0.1) is 0 Å². The standard InChI is InChI=1S/C20H18FN3O/c1-2-24-20(16-7-17(21)11-22-10-16)9-19(23-24)14-5-6-15(12-25)18(8-14)13-3-4-13/h5-13H,2-4H2,1H3. The SMILES string of the molecule is CCn1nc(-c2ccc(C=O)c(C3CC3)c2)cc1-c1cncc(F)c1. The maximum absolute atomic E-state index is 13.5. The molecule has 4 nitrogen and oxygen atoms in total. The molecule has 0 radical (unpaired) electrons. The zero-order valence-corrected chi connectivity index (χ0v) is 13.9. The molecule has 0 saturated heterocycles. The van der Waals surface area contributed by atoms with Crippen molar-refractivity contribution in [2.24, 2.45) is 0 Å². The smallest absolute Gasteiger partial charge is 0.150 e. The molecule has 1 saturated carbocycles. The summed E-state index contributed by atoms with van der Waals surface area (Å²) in [6.45, 7) is 2.67. The minimum atomic E-state index is -0.366. The predicted molar refractivity (Wildman–Crippen MR) is 93.9 cm³/mol. The van der Waals surface area contributed by atoms with Crippen molar-refractivity contribution in [1.82, 2.24) is 14.8 Å². The van der Waals surface area contributed by atoms with Crippen LogP contribution in [0.15, 0.2) is 42.7 Å². The summed E-state index contributed by atoms with van der Waals surface area (Å²) in [6.07, 6.45) is 6.02. The van der Waals surface area contributed by atoms with Gasteiger partial charge in [-0.05, 0) is 49.4 Å². The molecule has 25 heavy (non-hydrogen) atoms. The summed E-state index contributed by atoms with van der Waals surface area (Å²) in [4.78, 5) is 15.2. The molecule has 0 amide bonds. The Balaban J connectivity index is 1.79. The first-order valence-electron chi connectivity index (χ1n) is 8.48. The second-order valence-electron chi connectivity index (χ2n) is 6.36. The van der Waals surface area contributed by atoms with Crippen molar-refractivity contribution in [3.05, 3.63) is 59.7 Å². The zero-order chi connectivity index (χ0) is 17.4. The maximum atomic E-state index is 13.5. The van der Waals surface area contributed by atoms with Crippen molar-refractivity contribution in [1.29, 1.82) is 0 Å². The van der Waals surface area contributed by atoms with Crippen LogP contribution >= 0.6 is 0 Å². The first kappa shape index (κ1) is 15.7. The Morgan fingerprint density at radius 1 is 1.20 bits per heavy atom. The number of nitrogens with zero attached hydrogens (tertiary/aromatic N) is 3. The van der Waals surface area contributed by atoms with Gasteiger partial charge in [-0.1, -0.05) is 12.1 Å². The summed E-state index contributed by atoms with van der Waals surface area (Å²) in [7, 11) is 0. The maximum Gasteiger partial charge on any atom is 0.150 e. The number of aryl methyl sites for hydroxylation is 1. The Morgan fingerprint density at radius 3 is 2.72 bits per heavy atom. The predicted octanol–water partition coefficient (Wildman–Crippen LogP) is 4.46. The lowest BCUT2D eigenvalue weighted by molar-refractivity contribution is 0.112. The number of aldehydes is 1. The molecular weight excluding hydrogens is 317 g/mol. The molecule has 0 spiro atoms. The quantitative estimate of drug-likeness (QED) is 0.647. The minimum absolute atomic E-state index is 0.366. The number of rotatable bonds is 5. The van der Waals surface area contributed by atoms with E-state index in [4.69, 9.17) is 0 Å². The highest BCUT2D eigenvalue weighted by atomic mass is 19.1.